The fraction of sp³-hybridized carbons (Fsp3) is 0.600. The molecular formula is C15H22BrNO2. The first-order valence-corrected chi connectivity index (χ1v) is 7.73. The van der Waals surface area contributed by atoms with Crippen LogP contribution in [-0.2, 0) is 11.3 Å². The molecule has 0 aliphatic carbocycles. The molecule has 0 amide bonds. The predicted molar refractivity (Wildman–Crippen MR) is 80.6 cm³/mol. The molecule has 1 unspecified atom stereocenters. The maximum absolute atomic E-state index is 5.72. The largest absolute Gasteiger partial charge is 0.496 e. The van der Waals surface area contributed by atoms with Crippen molar-refractivity contribution in [3.8, 4) is 5.75 Å². The number of benzene rings is 1. The molecular weight excluding hydrogens is 306 g/mol. The zero-order chi connectivity index (χ0) is 13.5. The van der Waals surface area contributed by atoms with Crippen LogP contribution in [-0.4, -0.2) is 26.4 Å². The first kappa shape index (κ1) is 14.8. The highest BCUT2D eigenvalue weighted by Crippen LogP contribution is 2.25. The zero-order valence-corrected chi connectivity index (χ0v) is 13.0. The van der Waals surface area contributed by atoms with Crippen molar-refractivity contribution in [1.82, 2.24) is 5.32 Å². The quantitative estimate of drug-likeness (QED) is 0.811. The third-order valence-electron chi connectivity index (χ3n) is 3.46. The van der Waals surface area contributed by atoms with Gasteiger partial charge in [0.15, 0.2) is 0 Å². The van der Waals surface area contributed by atoms with Crippen molar-refractivity contribution < 1.29 is 9.47 Å². The zero-order valence-electron chi connectivity index (χ0n) is 11.5. The molecule has 0 spiro atoms. The maximum atomic E-state index is 5.72. The van der Waals surface area contributed by atoms with E-state index in [0.717, 1.165) is 36.3 Å². The lowest BCUT2D eigenvalue weighted by molar-refractivity contribution is 0.0115. The van der Waals surface area contributed by atoms with Crippen LogP contribution in [0.1, 0.15) is 31.2 Å². The third kappa shape index (κ3) is 4.79. The van der Waals surface area contributed by atoms with Gasteiger partial charge in [0.1, 0.15) is 5.75 Å². The average molecular weight is 328 g/mol. The van der Waals surface area contributed by atoms with E-state index in [0.29, 0.717) is 6.10 Å². The Morgan fingerprint density at radius 2 is 2.32 bits per heavy atom. The molecule has 106 valence electrons. The molecule has 19 heavy (non-hydrogen) atoms. The summed E-state index contributed by atoms with van der Waals surface area (Å²) in [6, 6.07) is 6.18. The Kier molecular flexibility index (Phi) is 6.14. The second-order valence-electron chi connectivity index (χ2n) is 4.92. The summed E-state index contributed by atoms with van der Waals surface area (Å²) in [5, 5.41) is 3.47. The van der Waals surface area contributed by atoms with E-state index >= 15 is 0 Å². The monoisotopic (exact) mass is 327 g/mol. The van der Waals surface area contributed by atoms with Crippen LogP contribution in [0.25, 0.3) is 0 Å². The molecule has 1 aliphatic heterocycles. The van der Waals surface area contributed by atoms with E-state index < -0.39 is 0 Å². The fourth-order valence-corrected chi connectivity index (χ4v) is 2.94. The molecule has 1 N–H and O–H groups in total. The van der Waals surface area contributed by atoms with Crippen molar-refractivity contribution in [3.63, 3.8) is 0 Å². The van der Waals surface area contributed by atoms with Crippen LogP contribution in [0.15, 0.2) is 22.7 Å². The van der Waals surface area contributed by atoms with Crippen LogP contribution in [0, 0.1) is 0 Å². The standard InChI is InChI=1S/C15H22BrNO2/c1-18-15-6-5-12(10-14(15)16)11-17-8-7-13-4-2-3-9-19-13/h5-6,10,13,17H,2-4,7-9,11H2,1H3. The van der Waals surface area contributed by atoms with Gasteiger partial charge in [0.2, 0.25) is 0 Å². The predicted octanol–water partition coefficient (Wildman–Crippen LogP) is 3.51. The fourth-order valence-electron chi connectivity index (χ4n) is 2.35. The van der Waals surface area contributed by atoms with Crippen molar-refractivity contribution in [3.05, 3.63) is 28.2 Å². The van der Waals surface area contributed by atoms with Gasteiger partial charge in [-0.3, -0.25) is 0 Å². The highest BCUT2D eigenvalue weighted by molar-refractivity contribution is 9.10. The molecule has 1 aromatic carbocycles. The second kappa shape index (κ2) is 7.88. The van der Waals surface area contributed by atoms with Crippen LogP contribution in [0.5, 0.6) is 5.75 Å². The van der Waals surface area contributed by atoms with Crippen LogP contribution < -0.4 is 10.1 Å². The summed E-state index contributed by atoms with van der Waals surface area (Å²) in [6.45, 7) is 2.83. The van der Waals surface area contributed by atoms with E-state index in [1.165, 1.54) is 24.8 Å². The molecule has 4 heteroatoms. The number of nitrogens with one attached hydrogen (secondary N) is 1. The van der Waals surface area contributed by atoms with Crippen molar-refractivity contribution in [2.24, 2.45) is 0 Å². The molecule has 1 fully saturated rings. The molecule has 0 bridgehead atoms. The van der Waals surface area contributed by atoms with Crippen LogP contribution in [0.4, 0.5) is 0 Å². The Labute approximate surface area is 123 Å². The summed E-state index contributed by atoms with van der Waals surface area (Å²) in [7, 11) is 1.68. The minimum atomic E-state index is 0.462. The molecule has 1 aliphatic rings. The van der Waals surface area contributed by atoms with Crippen molar-refractivity contribution in [2.75, 3.05) is 20.3 Å². The lowest BCUT2D eigenvalue weighted by Gasteiger charge is -2.22. The molecule has 1 heterocycles. The number of halogens is 1. The lowest BCUT2D eigenvalue weighted by atomic mass is 10.1. The first-order chi connectivity index (χ1) is 9.29. The average Bonchev–Trinajstić information content (AvgIpc) is 2.45. The van der Waals surface area contributed by atoms with Gasteiger partial charge in [0.25, 0.3) is 0 Å². The number of rotatable bonds is 6. The van der Waals surface area contributed by atoms with Gasteiger partial charge < -0.3 is 14.8 Å². The lowest BCUT2D eigenvalue weighted by Crippen LogP contribution is -2.25. The van der Waals surface area contributed by atoms with Crippen molar-refractivity contribution >= 4 is 15.9 Å². The summed E-state index contributed by atoms with van der Waals surface area (Å²) in [5.41, 5.74) is 1.26. The topological polar surface area (TPSA) is 30.5 Å². The SMILES string of the molecule is COc1ccc(CNCCC2CCCCO2)cc1Br. The first-order valence-electron chi connectivity index (χ1n) is 6.94. The van der Waals surface area contributed by atoms with Gasteiger partial charge in [-0.2, -0.15) is 0 Å². The van der Waals surface area contributed by atoms with E-state index in [4.69, 9.17) is 9.47 Å². The van der Waals surface area contributed by atoms with E-state index in [1.807, 2.05) is 6.07 Å². The Morgan fingerprint density at radius 3 is 3.00 bits per heavy atom. The van der Waals surface area contributed by atoms with Crippen molar-refractivity contribution in [2.45, 2.75) is 38.3 Å². The minimum absolute atomic E-state index is 0.462. The number of hydrogen-bond donors (Lipinski definition) is 1. The summed E-state index contributed by atoms with van der Waals surface area (Å²) < 4.78 is 11.9. The normalized spacial score (nSPS) is 19.4. The minimum Gasteiger partial charge on any atom is -0.496 e. The molecule has 0 saturated carbocycles. The van der Waals surface area contributed by atoms with Crippen LogP contribution >= 0.6 is 15.9 Å². The second-order valence-corrected chi connectivity index (χ2v) is 5.78. The summed E-state index contributed by atoms with van der Waals surface area (Å²) in [4.78, 5) is 0. The van der Waals surface area contributed by atoms with Gasteiger partial charge in [0.05, 0.1) is 17.7 Å². The van der Waals surface area contributed by atoms with E-state index in [-0.39, 0.29) is 0 Å². The van der Waals surface area contributed by atoms with Gasteiger partial charge in [-0.25, -0.2) is 0 Å². The van der Waals surface area contributed by atoms with Crippen molar-refractivity contribution in [1.29, 1.82) is 0 Å². The molecule has 2 rings (SSSR count). The van der Waals surface area contributed by atoms with E-state index in [1.54, 1.807) is 7.11 Å². The van der Waals surface area contributed by atoms with E-state index in [2.05, 4.69) is 33.4 Å². The number of hydrogen-bond acceptors (Lipinski definition) is 3. The van der Waals surface area contributed by atoms with Gasteiger partial charge in [-0.05, 0) is 65.9 Å². The van der Waals surface area contributed by atoms with Crippen LogP contribution in [0.3, 0.4) is 0 Å². The smallest absolute Gasteiger partial charge is 0.133 e. The Balaban J connectivity index is 1.69. The summed E-state index contributed by atoms with van der Waals surface area (Å²) in [5.74, 6) is 0.874. The summed E-state index contributed by atoms with van der Waals surface area (Å²) >= 11 is 3.51. The Bertz CT molecular complexity index is 392. The number of ether oxygens (including phenoxy) is 2. The van der Waals surface area contributed by atoms with E-state index in [9.17, 15) is 0 Å². The highest BCUT2D eigenvalue weighted by Gasteiger charge is 2.12. The molecule has 1 saturated heterocycles. The molecule has 1 atom stereocenters. The number of methoxy groups -OCH3 is 1. The van der Waals surface area contributed by atoms with Gasteiger partial charge in [-0.15, -0.1) is 0 Å². The van der Waals surface area contributed by atoms with Gasteiger partial charge >= 0.3 is 0 Å². The van der Waals surface area contributed by atoms with Gasteiger partial charge in [0, 0.05) is 13.2 Å². The Hall–Kier alpha value is -0.580. The molecule has 0 aromatic heterocycles. The Morgan fingerprint density at radius 1 is 1.42 bits per heavy atom. The maximum Gasteiger partial charge on any atom is 0.133 e. The third-order valence-corrected chi connectivity index (χ3v) is 4.08. The molecule has 3 nitrogen and oxygen atoms in total. The highest BCUT2D eigenvalue weighted by atomic mass is 79.9. The van der Waals surface area contributed by atoms with Crippen LogP contribution in [0.2, 0.25) is 0 Å². The summed E-state index contributed by atoms with van der Waals surface area (Å²) in [6.07, 6.45) is 5.33. The van der Waals surface area contributed by atoms with Gasteiger partial charge in [-0.1, -0.05) is 6.07 Å². The molecule has 1 aromatic rings. The molecule has 0 radical (unpaired) electrons.